The van der Waals surface area contributed by atoms with Gasteiger partial charge in [0.1, 0.15) is 0 Å². The quantitative estimate of drug-likeness (QED) is 0.396. The third-order valence-corrected chi connectivity index (χ3v) is 226. The van der Waals surface area contributed by atoms with Crippen LogP contribution in [0.5, 0.6) is 0 Å². The Hall–Kier alpha value is -0.342. The van der Waals surface area contributed by atoms with E-state index in [2.05, 4.69) is 71.8 Å². The fraction of sp³-hybridized carbons (Fsp3) is 0.429. The molecule has 0 radical (unpaired) electrons. The van der Waals surface area contributed by atoms with E-state index < -0.39 is 17.1 Å². The zero-order valence-electron chi connectivity index (χ0n) is 20.9. The molecule has 2 aromatic carbocycles. The van der Waals surface area contributed by atoms with E-state index >= 15 is 0 Å². The molecule has 170 valence electrons. The Morgan fingerprint density at radius 1 is 0.697 bits per heavy atom. The number of benzene rings is 2. The van der Waals surface area contributed by atoms with Crippen LogP contribution < -0.4 is 0 Å². The standard InChI is InChI=1S/2C13H13.2CH3.Hf.H6Si4/c2*1-9-7-11-3-2-4-12(10-5-6-10)13(11)8-9;;;;1-2-4-3-1/h2*2-4,7-8,10H,5-6H2,1H3;2*1H3;;1-3H2. The van der Waals surface area contributed by atoms with Gasteiger partial charge in [0.25, 0.3) is 0 Å². The molecule has 0 nitrogen and oxygen atoms in total. The second-order valence-corrected chi connectivity index (χ2v) is 103. The molecule has 5 aliphatic rings. The molecule has 1 saturated heterocycles. The molecule has 0 amide bonds. The van der Waals surface area contributed by atoms with Crippen LogP contribution in [-0.4, -0.2) is 30.2 Å². The van der Waals surface area contributed by atoms with Crippen LogP contribution in [0.25, 0.3) is 12.2 Å². The summed E-state index contributed by atoms with van der Waals surface area (Å²) in [5.74, 6) is 1.73. The molecule has 0 N–H and O–H groups in total. The number of rotatable bonds is 4. The van der Waals surface area contributed by atoms with E-state index in [0.717, 1.165) is 19.2 Å². The molecule has 7 rings (SSSR count). The van der Waals surface area contributed by atoms with Gasteiger partial charge in [-0.15, -0.1) is 0 Å². The van der Waals surface area contributed by atoms with E-state index in [-0.39, 0.29) is 4.53 Å². The average molecular weight is 665 g/mol. The average Bonchev–Trinajstić information content (AvgIpc) is 3.64. The molecular weight excluding hydrogens is 627 g/mol. The van der Waals surface area contributed by atoms with Crippen molar-refractivity contribution in [2.24, 2.45) is 0 Å². The van der Waals surface area contributed by atoms with Gasteiger partial charge >= 0.3 is 208 Å². The molecule has 4 aliphatic carbocycles. The van der Waals surface area contributed by atoms with E-state index in [0.29, 0.717) is 25.7 Å². The van der Waals surface area contributed by atoms with Gasteiger partial charge in [0.2, 0.25) is 0 Å². The number of hydrogen-bond acceptors (Lipinski definition) is 0. The Kier molecular flexibility index (Phi) is 4.87. The van der Waals surface area contributed by atoms with Gasteiger partial charge in [-0.05, 0) is 0 Å². The molecule has 1 heterocycles. The monoisotopic (exact) mass is 666 g/mol. The molecule has 1 aliphatic heterocycles. The first-order valence-corrected chi connectivity index (χ1v) is 44.4. The van der Waals surface area contributed by atoms with E-state index in [1.807, 2.05) is 11.1 Å². The van der Waals surface area contributed by atoms with Gasteiger partial charge < -0.3 is 0 Å². The zero-order chi connectivity index (χ0) is 22.6. The Bertz CT molecular complexity index is 1250. The SMILES string of the molecule is CC1=Cc2c(C3CC3)cccc2[CH]1[Hf]([CH3])([CH3])([CH]1C(C)=Cc2c(C3CC3)cccc21)=[Si]1[SiH2][SiH2][SiH2]1. The Morgan fingerprint density at radius 3 is 1.48 bits per heavy atom. The summed E-state index contributed by atoms with van der Waals surface area (Å²) >= 11 is -3.36. The predicted octanol–water partition coefficient (Wildman–Crippen LogP) is 5.18. The second-order valence-electron chi connectivity index (χ2n) is 13.0. The van der Waals surface area contributed by atoms with Crippen molar-refractivity contribution in [2.75, 3.05) is 0 Å². The van der Waals surface area contributed by atoms with Crippen LogP contribution in [0.15, 0.2) is 47.5 Å². The van der Waals surface area contributed by atoms with Crippen molar-refractivity contribution in [2.45, 2.75) is 68.1 Å². The fourth-order valence-corrected chi connectivity index (χ4v) is 370. The third-order valence-electron chi connectivity index (χ3n) is 10.5. The summed E-state index contributed by atoms with van der Waals surface area (Å²) in [4.78, 5) is 0. The summed E-state index contributed by atoms with van der Waals surface area (Å²) in [5, 5.41) is 0. The van der Waals surface area contributed by atoms with Crippen LogP contribution in [0.1, 0.15) is 92.1 Å². The Balaban J connectivity index is 1.48. The van der Waals surface area contributed by atoms with E-state index in [1.165, 1.54) is 25.7 Å². The summed E-state index contributed by atoms with van der Waals surface area (Å²) < 4.78 is 7.86. The molecule has 2 atom stereocenters. The van der Waals surface area contributed by atoms with E-state index in [1.54, 1.807) is 33.4 Å². The van der Waals surface area contributed by atoms with Crippen LogP contribution in [0.4, 0.5) is 0 Å². The summed E-state index contributed by atoms with van der Waals surface area (Å²) in [6.45, 7) is 5.11. The van der Waals surface area contributed by atoms with Gasteiger partial charge in [-0.3, -0.25) is 0 Å². The fourth-order valence-electron chi connectivity index (χ4n) is 8.73. The van der Waals surface area contributed by atoms with E-state index in [4.69, 9.17) is 0 Å². The van der Waals surface area contributed by atoms with Gasteiger partial charge in [-0.1, -0.05) is 0 Å². The molecule has 0 aromatic heterocycles. The van der Waals surface area contributed by atoms with Crippen molar-refractivity contribution in [3.8, 4) is 0 Å². The number of allylic oxidation sites excluding steroid dienone is 2. The molecule has 5 heteroatoms. The van der Waals surface area contributed by atoms with Gasteiger partial charge in [0.15, 0.2) is 0 Å². The van der Waals surface area contributed by atoms with Gasteiger partial charge in [-0.2, -0.15) is 0 Å². The topological polar surface area (TPSA) is 0 Å². The normalized spacial score (nSPS) is 28.7. The van der Waals surface area contributed by atoms with Gasteiger partial charge in [0.05, 0.1) is 0 Å². The first kappa shape index (κ1) is 21.9. The van der Waals surface area contributed by atoms with Gasteiger partial charge in [-0.25, -0.2) is 0 Å². The summed E-state index contributed by atoms with van der Waals surface area (Å²) in [6.07, 6.45) is 11.1. The van der Waals surface area contributed by atoms with E-state index in [9.17, 15) is 0 Å². The van der Waals surface area contributed by atoms with Crippen molar-refractivity contribution < 1.29 is 17.1 Å². The van der Waals surface area contributed by atoms with Gasteiger partial charge in [0, 0.05) is 0 Å². The van der Waals surface area contributed by atoms with Crippen molar-refractivity contribution in [3.05, 3.63) is 80.9 Å². The number of hydrogen-bond donors (Lipinski definition) is 0. The molecule has 0 spiro atoms. The summed E-state index contributed by atoms with van der Waals surface area (Å²) in [5.41, 5.74) is 14.0. The maximum atomic E-state index is 3.06. The molecule has 2 unspecified atom stereocenters. The van der Waals surface area contributed by atoms with Crippen LogP contribution in [0.2, 0.25) is 9.36 Å². The maximum absolute atomic E-state index is 3.36. The van der Waals surface area contributed by atoms with Crippen molar-refractivity contribution in [1.29, 1.82) is 0 Å². The molecule has 0 bridgehead atoms. The minimum absolute atomic E-state index is 0.0453. The van der Waals surface area contributed by atoms with Crippen molar-refractivity contribution in [1.82, 2.24) is 0 Å². The predicted molar refractivity (Wildman–Crippen MR) is 153 cm³/mol. The van der Waals surface area contributed by atoms with Crippen molar-refractivity contribution in [3.63, 3.8) is 0 Å². The third kappa shape index (κ3) is 3.04. The van der Waals surface area contributed by atoms with Crippen LogP contribution in [-0.2, 0) is 17.1 Å². The van der Waals surface area contributed by atoms with Crippen molar-refractivity contribution >= 4 is 42.3 Å². The Morgan fingerprint density at radius 2 is 1.12 bits per heavy atom. The zero-order valence-corrected chi connectivity index (χ0v) is 29.7. The molecule has 2 aromatic rings. The first-order valence-electron chi connectivity index (χ1n) is 13.5. The summed E-state index contributed by atoms with van der Waals surface area (Å²) in [6, 6.07) is 15.0. The molecule has 2 saturated carbocycles. The molecule has 33 heavy (non-hydrogen) atoms. The van der Waals surface area contributed by atoms with Crippen LogP contribution in [0, 0.1) is 0 Å². The second kappa shape index (κ2) is 7.34. The molecular formula is C28H38HfSi4. The minimum atomic E-state index is -3.36. The van der Waals surface area contributed by atoms with Crippen LogP contribution in [0.3, 0.4) is 0 Å². The Labute approximate surface area is 207 Å². The van der Waals surface area contributed by atoms with Crippen LogP contribution >= 0.6 is 0 Å². The molecule has 3 fully saturated rings. The first-order chi connectivity index (χ1) is 15.9. The number of fused-ring (bicyclic) bond motifs is 2. The summed E-state index contributed by atoms with van der Waals surface area (Å²) in [7, 11) is 1.25.